The summed E-state index contributed by atoms with van der Waals surface area (Å²) in [5, 5.41) is 1.56. The monoisotopic (exact) mass is 314 g/mol. The van der Waals surface area contributed by atoms with E-state index in [1.165, 1.54) is 23.5 Å². The Morgan fingerprint density at radius 3 is 2.55 bits per heavy atom. The van der Waals surface area contributed by atoms with Crippen LogP contribution in [0.15, 0.2) is 40.6 Å². The SMILES string of the molecule is CC(NS(=O)(=O)c1csc(CN)c1)c1ccc(F)cc1. The number of nitrogens with two attached hydrogens (primary N) is 1. The predicted octanol–water partition coefficient (Wildman–Crippen LogP) is 2.39. The van der Waals surface area contributed by atoms with Crippen LogP contribution in [0, 0.1) is 5.82 Å². The summed E-state index contributed by atoms with van der Waals surface area (Å²) in [5.41, 5.74) is 6.17. The molecule has 0 fully saturated rings. The van der Waals surface area contributed by atoms with E-state index in [1.807, 2.05) is 0 Å². The Kier molecular flexibility index (Phi) is 4.54. The second kappa shape index (κ2) is 6.01. The van der Waals surface area contributed by atoms with Crippen molar-refractivity contribution < 1.29 is 12.8 Å². The summed E-state index contributed by atoms with van der Waals surface area (Å²) in [6, 6.07) is 6.84. The molecule has 0 saturated carbocycles. The summed E-state index contributed by atoms with van der Waals surface area (Å²) in [6.07, 6.45) is 0. The van der Waals surface area contributed by atoms with Crippen LogP contribution in [0.4, 0.5) is 4.39 Å². The first kappa shape index (κ1) is 15.1. The number of sulfonamides is 1. The van der Waals surface area contributed by atoms with Gasteiger partial charge in [-0.3, -0.25) is 0 Å². The van der Waals surface area contributed by atoms with Crippen molar-refractivity contribution in [1.82, 2.24) is 4.72 Å². The normalized spacial score (nSPS) is 13.3. The summed E-state index contributed by atoms with van der Waals surface area (Å²) in [6.45, 7) is 2.02. The van der Waals surface area contributed by atoms with Gasteiger partial charge in [0.25, 0.3) is 0 Å². The lowest BCUT2D eigenvalue weighted by Crippen LogP contribution is -2.26. The molecule has 0 radical (unpaired) electrons. The highest BCUT2D eigenvalue weighted by atomic mass is 32.2. The number of halogens is 1. The van der Waals surface area contributed by atoms with Crippen molar-refractivity contribution >= 4 is 21.4 Å². The van der Waals surface area contributed by atoms with Crippen molar-refractivity contribution in [2.75, 3.05) is 0 Å². The Hall–Kier alpha value is -1.28. The van der Waals surface area contributed by atoms with Crippen LogP contribution < -0.4 is 10.5 Å². The maximum atomic E-state index is 12.8. The zero-order valence-corrected chi connectivity index (χ0v) is 12.5. The minimum atomic E-state index is -3.60. The molecule has 0 saturated heterocycles. The zero-order valence-electron chi connectivity index (χ0n) is 10.8. The van der Waals surface area contributed by atoms with Crippen molar-refractivity contribution in [3.63, 3.8) is 0 Å². The highest BCUT2D eigenvalue weighted by Crippen LogP contribution is 2.21. The molecule has 20 heavy (non-hydrogen) atoms. The Morgan fingerprint density at radius 1 is 1.35 bits per heavy atom. The maximum Gasteiger partial charge on any atom is 0.241 e. The van der Waals surface area contributed by atoms with E-state index in [1.54, 1.807) is 30.5 Å². The lowest BCUT2D eigenvalue weighted by molar-refractivity contribution is 0.566. The van der Waals surface area contributed by atoms with E-state index in [4.69, 9.17) is 5.73 Å². The van der Waals surface area contributed by atoms with E-state index in [9.17, 15) is 12.8 Å². The van der Waals surface area contributed by atoms with Crippen molar-refractivity contribution in [3.05, 3.63) is 52.0 Å². The zero-order chi connectivity index (χ0) is 14.8. The van der Waals surface area contributed by atoms with Crippen molar-refractivity contribution in [2.24, 2.45) is 5.73 Å². The molecule has 1 aromatic carbocycles. The molecule has 7 heteroatoms. The summed E-state index contributed by atoms with van der Waals surface area (Å²) >= 11 is 1.31. The first-order valence-electron chi connectivity index (χ1n) is 5.97. The van der Waals surface area contributed by atoms with E-state index >= 15 is 0 Å². The topological polar surface area (TPSA) is 72.2 Å². The minimum Gasteiger partial charge on any atom is -0.326 e. The maximum absolute atomic E-state index is 12.8. The molecule has 3 N–H and O–H groups in total. The Bertz CT molecular complexity index is 681. The fourth-order valence-electron chi connectivity index (χ4n) is 1.73. The lowest BCUT2D eigenvalue weighted by atomic mass is 10.1. The highest BCUT2D eigenvalue weighted by molar-refractivity contribution is 7.89. The van der Waals surface area contributed by atoms with Crippen molar-refractivity contribution in [1.29, 1.82) is 0 Å². The second-order valence-corrected chi connectivity index (χ2v) is 7.06. The number of rotatable bonds is 5. The lowest BCUT2D eigenvalue weighted by Gasteiger charge is -2.13. The van der Waals surface area contributed by atoms with Crippen LogP contribution in [0.2, 0.25) is 0 Å². The third kappa shape index (κ3) is 3.43. The Balaban J connectivity index is 2.17. The summed E-state index contributed by atoms with van der Waals surface area (Å²) in [5.74, 6) is -0.353. The third-order valence-corrected chi connectivity index (χ3v) is 5.47. The average molecular weight is 314 g/mol. The van der Waals surface area contributed by atoms with Gasteiger partial charge in [0, 0.05) is 22.8 Å². The standard InChI is InChI=1S/C13H15FN2O2S2/c1-9(10-2-4-11(14)5-3-10)16-20(17,18)13-6-12(7-15)19-8-13/h2-6,8-9,16H,7,15H2,1H3. The molecule has 1 unspecified atom stereocenters. The molecule has 2 aromatic rings. The largest absolute Gasteiger partial charge is 0.326 e. The van der Waals surface area contributed by atoms with E-state index in [0.29, 0.717) is 12.1 Å². The molecule has 1 atom stereocenters. The first-order valence-corrected chi connectivity index (χ1v) is 8.34. The molecule has 4 nitrogen and oxygen atoms in total. The summed E-state index contributed by atoms with van der Waals surface area (Å²) in [4.78, 5) is 1.01. The molecule has 108 valence electrons. The smallest absolute Gasteiger partial charge is 0.241 e. The van der Waals surface area contributed by atoms with Crippen LogP contribution in [0.3, 0.4) is 0 Å². The van der Waals surface area contributed by atoms with Gasteiger partial charge in [-0.05, 0) is 30.7 Å². The third-order valence-electron chi connectivity index (χ3n) is 2.84. The van der Waals surface area contributed by atoms with Gasteiger partial charge in [0.1, 0.15) is 5.82 Å². The van der Waals surface area contributed by atoms with E-state index in [-0.39, 0.29) is 10.7 Å². The summed E-state index contributed by atoms with van der Waals surface area (Å²) < 4.78 is 39.8. The number of hydrogen-bond donors (Lipinski definition) is 2. The second-order valence-electron chi connectivity index (χ2n) is 4.35. The van der Waals surface area contributed by atoms with Crippen molar-refractivity contribution in [3.8, 4) is 0 Å². The minimum absolute atomic E-state index is 0.205. The van der Waals surface area contributed by atoms with E-state index < -0.39 is 16.1 Å². The van der Waals surface area contributed by atoms with Crippen LogP contribution in [-0.2, 0) is 16.6 Å². The fourth-order valence-corrected chi connectivity index (χ4v) is 4.12. The Labute approximate surface area is 121 Å². The van der Waals surface area contributed by atoms with Gasteiger partial charge >= 0.3 is 0 Å². The van der Waals surface area contributed by atoms with Crippen LogP contribution in [0.25, 0.3) is 0 Å². The molecule has 1 heterocycles. The highest BCUT2D eigenvalue weighted by Gasteiger charge is 2.19. The molecule has 0 spiro atoms. The number of benzene rings is 1. The average Bonchev–Trinajstić information content (AvgIpc) is 2.88. The number of thiophene rings is 1. The van der Waals surface area contributed by atoms with Gasteiger partial charge in [-0.25, -0.2) is 17.5 Å². The molecule has 0 bridgehead atoms. The van der Waals surface area contributed by atoms with Gasteiger partial charge in [-0.2, -0.15) is 0 Å². The molecular formula is C13H15FN2O2S2. The summed E-state index contributed by atoms with van der Waals surface area (Å²) in [7, 11) is -3.60. The van der Waals surface area contributed by atoms with Gasteiger partial charge < -0.3 is 5.73 Å². The van der Waals surface area contributed by atoms with Crippen LogP contribution >= 0.6 is 11.3 Å². The number of hydrogen-bond acceptors (Lipinski definition) is 4. The Morgan fingerprint density at radius 2 is 2.00 bits per heavy atom. The van der Waals surface area contributed by atoms with Gasteiger partial charge in [0.05, 0.1) is 4.90 Å². The number of nitrogens with one attached hydrogen (secondary N) is 1. The van der Waals surface area contributed by atoms with E-state index in [0.717, 1.165) is 4.88 Å². The van der Waals surface area contributed by atoms with Crippen LogP contribution in [0.5, 0.6) is 0 Å². The molecule has 0 aliphatic heterocycles. The fraction of sp³-hybridized carbons (Fsp3) is 0.231. The molecule has 0 aliphatic carbocycles. The van der Waals surface area contributed by atoms with Crippen LogP contribution in [-0.4, -0.2) is 8.42 Å². The van der Waals surface area contributed by atoms with Crippen molar-refractivity contribution in [2.45, 2.75) is 24.4 Å². The molecule has 0 aliphatic rings. The van der Waals surface area contributed by atoms with Crippen LogP contribution in [0.1, 0.15) is 23.4 Å². The van der Waals surface area contributed by atoms with Gasteiger partial charge in [-0.1, -0.05) is 12.1 Å². The van der Waals surface area contributed by atoms with Gasteiger partial charge in [0.15, 0.2) is 0 Å². The molecule has 0 amide bonds. The molecule has 1 aromatic heterocycles. The van der Waals surface area contributed by atoms with Gasteiger partial charge in [0.2, 0.25) is 10.0 Å². The first-order chi connectivity index (χ1) is 9.42. The quantitative estimate of drug-likeness (QED) is 0.890. The van der Waals surface area contributed by atoms with E-state index in [2.05, 4.69) is 4.72 Å². The predicted molar refractivity (Wildman–Crippen MR) is 77.3 cm³/mol. The molecule has 2 rings (SSSR count). The molecular weight excluding hydrogens is 299 g/mol. The van der Waals surface area contributed by atoms with Gasteiger partial charge in [-0.15, -0.1) is 11.3 Å².